The monoisotopic (exact) mass is 335 g/mol. The number of furan rings is 1. The Morgan fingerprint density at radius 3 is 2.84 bits per heavy atom. The fourth-order valence-corrected chi connectivity index (χ4v) is 2.74. The minimum absolute atomic E-state index is 0.189. The van der Waals surface area contributed by atoms with Crippen LogP contribution >= 0.6 is 0 Å². The van der Waals surface area contributed by atoms with Crippen molar-refractivity contribution in [3.8, 4) is 11.5 Å². The normalized spacial score (nSPS) is 14.1. The average Bonchev–Trinajstić information content (AvgIpc) is 3.25. The molecule has 25 heavy (non-hydrogen) atoms. The van der Waals surface area contributed by atoms with Gasteiger partial charge in [0.1, 0.15) is 11.3 Å². The molecule has 0 spiro atoms. The van der Waals surface area contributed by atoms with Gasteiger partial charge in [0.25, 0.3) is 0 Å². The van der Waals surface area contributed by atoms with E-state index in [2.05, 4.69) is 5.32 Å². The van der Waals surface area contributed by atoms with Crippen LogP contribution in [0, 0.1) is 0 Å². The van der Waals surface area contributed by atoms with Crippen LogP contribution in [-0.4, -0.2) is 12.7 Å². The number of amides is 1. The molecule has 0 aliphatic carbocycles. The number of benzene rings is 2. The lowest BCUT2D eigenvalue weighted by molar-refractivity contribution is -0.117. The van der Waals surface area contributed by atoms with Crippen molar-refractivity contribution in [2.24, 2.45) is 0 Å². The minimum Gasteiger partial charge on any atom is -0.459 e. The van der Waals surface area contributed by atoms with Crippen LogP contribution in [0.1, 0.15) is 24.3 Å². The average molecular weight is 335 g/mol. The predicted molar refractivity (Wildman–Crippen MR) is 94.4 cm³/mol. The Balaban J connectivity index is 1.42. The van der Waals surface area contributed by atoms with Crippen molar-refractivity contribution < 1.29 is 18.7 Å². The van der Waals surface area contributed by atoms with E-state index in [1.54, 1.807) is 6.08 Å². The molecule has 2 heterocycles. The largest absolute Gasteiger partial charge is 0.459 e. The van der Waals surface area contributed by atoms with E-state index in [4.69, 9.17) is 13.9 Å². The Labute approximate surface area is 144 Å². The number of ether oxygens (including phenoxy) is 2. The van der Waals surface area contributed by atoms with Crippen LogP contribution in [-0.2, 0) is 4.79 Å². The minimum atomic E-state index is -0.221. The standard InChI is InChI=1S/C20H17NO4/c1-13(18-11-15-4-2-3-5-16(15)25-18)21-20(22)9-7-14-6-8-17-19(10-14)24-12-23-17/h2-11,13H,12H2,1H3,(H,21,22)/b9-7+/t13-/m1/s1. The number of carbonyl (C=O) groups is 1. The molecule has 1 amide bonds. The van der Waals surface area contributed by atoms with Crippen LogP contribution in [0.2, 0.25) is 0 Å². The maximum atomic E-state index is 12.2. The van der Waals surface area contributed by atoms with Gasteiger partial charge in [0.05, 0.1) is 6.04 Å². The maximum absolute atomic E-state index is 12.2. The summed E-state index contributed by atoms with van der Waals surface area (Å²) in [4.78, 5) is 12.2. The number of fused-ring (bicyclic) bond motifs is 2. The highest BCUT2D eigenvalue weighted by Gasteiger charge is 2.14. The maximum Gasteiger partial charge on any atom is 0.244 e. The first-order valence-electron chi connectivity index (χ1n) is 8.06. The molecule has 1 atom stereocenters. The summed E-state index contributed by atoms with van der Waals surface area (Å²) in [5.74, 6) is 1.95. The lowest BCUT2D eigenvalue weighted by Gasteiger charge is -2.09. The first kappa shape index (κ1) is 15.3. The van der Waals surface area contributed by atoms with Crippen molar-refractivity contribution in [3.05, 3.63) is 65.9 Å². The van der Waals surface area contributed by atoms with E-state index in [0.717, 1.165) is 28.0 Å². The summed E-state index contributed by atoms with van der Waals surface area (Å²) in [5, 5.41) is 3.93. The molecule has 5 nitrogen and oxygen atoms in total. The van der Waals surface area contributed by atoms with Crippen molar-refractivity contribution in [2.75, 3.05) is 6.79 Å². The summed E-state index contributed by atoms with van der Waals surface area (Å²) in [6, 6.07) is 15.0. The summed E-state index contributed by atoms with van der Waals surface area (Å²) in [5.41, 5.74) is 1.69. The van der Waals surface area contributed by atoms with Gasteiger partial charge < -0.3 is 19.2 Å². The first-order valence-corrected chi connectivity index (χ1v) is 8.06. The summed E-state index contributed by atoms with van der Waals surface area (Å²) in [6.45, 7) is 2.13. The van der Waals surface area contributed by atoms with Crippen molar-refractivity contribution in [1.29, 1.82) is 0 Å². The van der Waals surface area contributed by atoms with E-state index >= 15 is 0 Å². The van der Waals surface area contributed by atoms with Gasteiger partial charge in [0.2, 0.25) is 12.7 Å². The van der Waals surface area contributed by atoms with Gasteiger partial charge >= 0.3 is 0 Å². The molecule has 3 aromatic rings. The van der Waals surface area contributed by atoms with E-state index < -0.39 is 0 Å². The molecule has 1 aromatic heterocycles. The molecule has 2 aromatic carbocycles. The number of carbonyl (C=O) groups excluding carboxylic acids is 1. The molecular weight excluding hydrogens is 318 g/mol. The Morgan fingerprint density at radius 2 is 1.96 bits per heavy atom. The summed E-state index contributed by atoms with van der Waals surface area (Å²) in [7, 11) is 0. The molecule has 1 aliphatic rings. The molecule has 0 saturated carbocycles. The first-order chi connectivity index (χ1) is 12.2. The zero-order valence-corrected chi connectivity index (χ0v) is 13.7. The highest BCUT2D eigenvalue weighted by atomic mass is 16.7. The Bertz CT molecular complexity index is 924. The van der Waals surface area contributed by atoms with Crippen LogP contribution in [0.4, 0.5) is 0 Å². The van der Waals surface area contributed by atoms with E-state index in [-0.39, 0.29) is 18.7 Å². The van der Waals surface area contributed by atoms with E-state index in [0.29, 0.717) is 5.75 Å². The second-order valence-corrected chi connectivity index (χ2v) is 5.86. The Kier molecular flexibility index (Phi) is 3.90. The van der Waals surface area contributed by atoms with Crippen LogP contribution in [0.15, 0.2) is 59.0 Å². The molecule has 5 heteroatoms. The quantitative estimate of drug-likeness (QED) is 0.731. The smallest absolute Gasteiger partial charge is 0.244 e. The molecule has 1 aliphatic heterocycles. The van der Waals surface area contributed by atoms with Crippen LogP contribution in [0.25, 0.3) is 17.0 Å². The van der Waals surface area contributed by atoms with Crippen molar-refractivity contribution >= 4 is 23.0 Å². The number of hydrogen-bond acceptors (Lipinski definition) is 4. The van der Waals surface area contributed by atoms with Crippen LogP contribution in [0.5, 0.6) is 11.5 Å². The van der Waals surface area contributed by atoms with Gasteiger partial charge in [0.15, 0.2) is 11.5 Å². The molecule has 0 unspecified atom stereocenters. The second kappa shape index (κ2) is 6.36. The van der Waals surface area contributed by atoms with Crippen LogP contribution < -0.4 is 14.8 Å². The molecule has 0 saturated heterocycles. The van der Waals surface area contributed by atoms with Gasteiger partial charge in [-0.15, -0.1) is 0 Å². The highest BCUT2D eigenvalue weighted by Crippen LogP contribution is 2.32. The van der Waals surface area contributed by atoms with E-state index in [1.807, 2.05) is 55.5 Å². The molecule has 0 radical (unpaired) electrons. The van der Waals surface area contributed by atoms with Gasteiger partial charge in [-0.2, -0.15) is 0 Å². The van der Waals surface area contributed by atoms with Gasteiger partial charge in [-0.25, -0.2) is 0 Å². The fraction of sp³-hybridized carbons (Fsp3) is 0.150. The summed E-state index contributed by atoms with van der Waals surface area (Å²) < 4.78 is 16.4. The van der Waals surface area contributed by atoms with Gasteiger partial charge in [0, 0.05) is 11.5 Å². The molecular formula is C20H17NO4. The SMILES string of the molecule is C[C@@H](NC(=O)/C=C/c1ccc2c(c1)OCO2)c1cc2ccccc2o1. The third-order valence-electron chi connectivity index (χ3n) is 4.05. The lowest BCUT2D eigenvalue weighted by Crippen LogP contribution is -2.24. The van der Waals surface area contributed by atoms with Crippen molar-refractivity contribution in [3.63, 3.8) is 0 Å². The summed E-state index contributed by atoms with van der Waals surface area (Å²) >= 11 is 0. The topological polar surface area (TPSA) is 60.7 Å². The zero-order valence-electron chi connectivity index (χ0n) is 13.7. The Morgan fingerprint density at radius 1 is 1.12 bits per heavy atom. The van der Waals surface area contributed by atoms with Gasteiger partial charge in [-0.1, -0.05) is 24.3 Å². The number of nitrogens with one attached hydrogen (secondary N) is 1. The molecule has 4 rings (SSSR count). The van der Waals surface area contributed by atoms with Crippen molar-refractivity contribution in [1.82, 2.24) is 5.32 Å². The molecule has 0 bridgehead atoms. The highest BCUT2D eigenvalue weighted by molar-refractivity contribution is 5.92. The number of para-hydroxylation sites is 1. The van der Waals surface area contributed by atoms with E-state index in [1.165, 1.54) is 6.08 Å². The third kappa shape index (κ3) is 3.21. The van der Waals surface area contributed by atoms with Crippen LogP contribution in [0.3, 0.4) is 0 Å². The number of rotatable bonds is 4. The fourth-order valence-electron chi connectivity index (χ4n) is 2.74. The van der Waals surface area contributed by atoms with Gasteiger partial charge in [-0.3, -0.25) is 4.79 Å². The predicted octanol–water partition coefficient (Wildman–Crippen LogP) is 4.05. The van der Waals surface area contributed by atoms with Gasteiger partial charge in [-0.05, 0) is 42.8 Å². The third-order valence-corrected chi connectivity index (χ3v) is 4.05. The molecule has 0 fully saturated rings. The van der Waals surface area contributed by atoms with E-state index in [9.17, 15) is 4.79 Å². The molecule has 126 valence electrons. The summed E-state index contributed by atoms with van der Waals surface area (Å²) in [6.07, 6.45) is 3.24. The lowest BCUT2D eigenvalue weighted by atomic mass is 10.2. The second-order valence-electron chi connectivity index (χ2n) is 5.86. The Hall–Kier alpha value is -3.21. The van der Waals surface area contributed by atoms with Crippen molar-refractivity contribution in [2.45, 2.75) is 13.0 Å². The number of hydrogen-bond donors (Lipinski definition) is 1. The molecule has 1 N–H and O–H groups in total. The zero-order chi connectivity index (χ0) is 17.2.